The Kier molecular flexibility index (Phi) is 10.4. The molecular formula is C36H39ClN6O4. The molecule has 1 aromatic heterocycles. The predicted molar refractivity (Wildman–Crippen MR) is 186 cm³/mol. The molecule has 0 radical (unpaired) electrons. The number of hydrogen-bond donors (Lipinski definition) is 2. The fourth-order valence-electron chi connectivity index (χ4n) is 5.44. The summed E-state index contributed by atoms with van der Waals surface area (Å²) in [5.41, 5.74) is 10.1. The van der Waals surface area contributed by atoms with Gasteiger partial charge in [0.25, 0.3) is 11.8 Å². The number of carbonyl (C=O) groups excluding carboxylic acids is 3. The Bertz CT molecular complexity index is 1870. The highest BCUT2D eigenvalue weighted by Crippen LogP contribution is 2.30. The summed E-state index contributed by atoms with van der Waals surface area (Å²) in [6.45, 7) is 3.05. The van der Waals surface area contributed by atoms with Gasteiger partial charge in [0, 0.05) is 80.7 Å². The number of nitrogens with one attached hydrogen (secondary N) is 1. The maximum absolute atomic E-state index is 13.6. The lowest BCUT2D eigenvalue weighted by Crippen LogP contribution is -2.47. The lowest BCUT2D eigenvalue weighted by Gasteiger charge is -2.32. The second kappa shape index (κ2) is 14.7. The summed E-state index contributed by atoms with van der Waals surface area (Å²) in [5, 5.41) is 1.24. The number of benzene rings is 3. The first-order chi connectivity index (χ1) is 22.5. The quantitative estimate of drug-likeness (QED) is 0.134. The smallest absolute Gasteiger partial charge is 0.257 e. The number of aromatic amines is 1. The maximum atomic E-state index is 13.6. The van der Waals surface area contributed by atoms with Crippen LogP contribution in [0.3, 0.4) is 0 Å². The second-order valence-corrected chi connectivity index (χ2v) is 12.2. The number of aromatic nitrogens is 1. The first-order valence-corrected chi connectivity index (χ1v) is 15.8. The number of H-pyrrole nitrogens is 1. The molecule has 10 nitrogen and oxygen atoms in total. The standard InChI is InChI=1S/C36H39ClN6O4/c1-39-22-28(34(44)32-20-25-19-24(11-14-31(25)40-32)35(45)43-17-15-42(4)16-18-43)30(38)13-10-23-9-12-26(21-29(23)37)47-33-8-6-5-7-27(33)36(46)41(2)3/h5-9,11-12,14,19-22,40H,10,13,15-18,38H2,1-4H3/b30-28-,39-22?. The molecule has 1 aliphatic heterocycles. The van der Waals surface area contributed by atoms with E-state index in [4.69, 9.17) is 22.1 Å². The number of nitrogens with two attached hydrogens (primary N) is 1. The Morgan fingerprint density at radius 1 is 1.02 bits per heavy atom. The number of ether oxygens (including phenoxy) is 1. The van der Waals surface area contributed by atoms with Crippen LogP contribution in [0.5, 0.6) is 11.5 Å². The molecular weight excluding hydrogens is 616 g/mol. The third kappa shape index (κ3) is 7.73. The fourth-order valence-corrected chi connectivity index (χ4v) is 5.71. The molecule has 11 heteroatoms. The molecule has 2 amide bonds. The molecule has 1 aliphatic rings. The molecule has 1 fully saturated rings. The fraction of sp³-hybridized carbons (Fsp3) is 0.278. The molecule has 0 bridgehead atoms. The highest BCUT2D eigenvalue weighted by Gasteiger charge is 2.22. The average Bonchev–Trinajstić information content (AvgIpc) is 3.50. The number of para-hydroxylation sites is 1. The summed E-state index contributed by atoms with van der Waals surface area (Å²) < 4.78 is 6.02. The van der Waals surface area contributed by atoms with E-state index in [0.717, 1.165) is 29.6 Å². The number of rotatable bonds is 10. The van der Waals surface area contributed by atoms with Crippen molar-refractivity contribution in [2.45, 2.75) is 12.8 Å². The van der Waals surface area contributed by atoms with Crippen molar-refractivity contribution in [3.63, 3.8) is 0 Å². The van der Waals surface area contributed by atoms with Crippen LogP contribution in [0.15, 0.2) is 83.0 Å². The summed E-state index contributed by atoms with van der Waals surface area (Å²) in [4.78, 5) is 52.1. The van der Waals surface area contributed by atoms with Gasteiger partial charge in [-0.1, -0.05) is 29.8 Å². The maximum Gasteiger partial charge on any atom is 0.257 e. The van der Waals surface area contributed by atoms with Crippen LogP contribution in [0.25, 0.3) is 10.9 Å². The van der Waals surface area contributed by atoms with E-state index in [1.807, 2.05) is 30.1 Å². The number of piperazine rings is 1. The van der Waals surface area contributed by atoms with E-state index < -0.39 is 0 Å². The minimum Gasteiger partial charge on any atom is -0.456 e. The first kappa shape index (κ1) is 33.4. The number of fused-ring (bicyclic) bond motifs is 1. The zero-order chi connectivity index (χ0) is 33.7. The molecule has 3 aromatic carbocycles. The van der Waals surface area contributed by atoms with Crippen LogP contribution in [0.4, 0.5) is 0 Å². The monoisotopic (exact) mass is 654 g/mol. The lowest BCUT2D eigenvalue weighted by molar-refractivity contribution is 0.0664. The van der Waals surface area contributed by atoms with Crippen LogP contribution in [0, 0.1) is 0 Å². The normalized spacial score (nSPS) is 14.4. The highest BCUT2D eigenvalue weighted by atomic mass is 35.5. The van der Waals surface area contributed by atoms with E-state index in [1.54, 1.807) is 69.7 Å². The molecule has 47 heavy (non-hydrogen) atoms. The van der Waals surface area contributed by atoms with Gasteiger partial charge in [-0.15, -0.1) is 0 Å². The van der Waals surface area contributed by atoms with Gasteiger partial charge >= 0.3 is 0 Å². The SMILES string of the molecule is CN=C/C(C(=O)c1cc2cc(C(=O)N3CCN(C)CC3)ccc2[nH]1)=C(/N)CCc1ccc(Oc2ccccc2C(=O)N(C)C)cc1Cl. The summed E-state index contributed by atoms with van der Waals surface area (Å²) in [7, 11) is 7.01. The van der Waals surface area contributed by atoms with Crippen LogP contribution in [0.2, 0.25) is 5.02 Å². The predicted octanol–water partition coefficient (Wildman–Crippen LogP) is 5.43. The van der Waals surface area contributed by atoms with Crippen molar-refractivity contribution in [2.24, 2.45) is 10.7 Å². The van der Waals surface area contributed by atoms with Crippen molar-refractivity contribution in [3.05, 3.63) is 105 Å². The van der Waals surface area contributed by atoms with Gasteiger partial charge in [0.15, 0.2) is 0 Å². The number of likely N-dealkylation sites (N-methyl/N-ethyl adjacent to an activating group) is 1. The minimum atomic E-state index is -0.294. The van der Waals surface area contributed by atoms with E-state index in [0.29, 0.717) is 65.0 Å². The number of ketones is 1. The Labute approximate surface area is 279 Å². The number of aryl methyl sites for hydroxylation is 1. The van der Waals surface area contributed by atoms with Gasteiger partial charge in [-0.2, -0.15) is 0 Å². The number of halogens is 1. The summed E-state index contributed by atoms with van der Waals surface area (Å²) in [5.74, 6) is 0.443. The van der Waals surface area contributed by atoms with Crippen molar-refractivity contribution >= 4 is 46.3 Å². The van der Waals surface area contributed by atoms with Crippen molar-refractivity contribution in [1.29, 1.82) is 0 Å². The molecule has 0 unspecified atom stereocenters. The Hall–Kier alpha value is -4.93. The number of carbonyl (C=O) groups is 3. The Morgan fingerprint density at radius 3 is 2.47 bits per heavy atom. The number of aliphatic imine (C=N–C) groups is 1. The second-order valence-electron chi connectivity index (χ2n) is 11.8. The van der Waals surface area contributed by atoms with Crippen molar-refractivity contribution in [3.8, 4) is 11.5 Å². The Balaban J connectivity index is 1.29. The van der Waals surface area contributed by atoms with Gasteiger partial charge in [0.05, 0.1) is 16.8 Å². The number of Topliss-reactive ketones (excluding diaryl/α,β-unsaturated/α-hetero) is 1. The molecule has 4 aromatic rings. The molecule has 3 N–H and O–H groups in total. The van der Waals surface area contributed by atoms with Gasteiger partial charge in [0.1, 0.15) is 11.5 Å². The third-order valence-electron chi connectivity index (χ3n) is 8.19. The zero-order valence-electron chi connectivity index (χ0n) is 27.0. The van der Waals surface area contributed by atoms with Gasteiger partial charge in [-0.05, 0) is 74.0 Å². The van der Waals surface area contributed by atoms with E-state index in [-0.39, 0.29) is 23.2 Å². The molecule has 1 saturated heterocycles. The van der Waals surface area contributed by atoms with Crippen molar-refractivity contribution in [2.75, 3.05) is 54.4 Å². The summed E-state index contributed by atoms with van der Waals surface area (Å²) >= 11 is 6.63. The van der Waals surface area contributed by atoms with E-state index in [1.165, 1.54) is 11.1 Å². The average molecular weight is 655 g/mol. The van der Waals surface area contributed by atoms with Crippen molar-refractivity contribution < 1.29 is 19.1 Å². The number of nitrogens with zero attached hydrogens (tertiary/aromatic N) is 4. The Morgan fingerprint density at radius 2 is 1.77 bits per heavy atom. The van der Waals surface area contributed by atoms with E-state index in [9.17, 15) is 14.4 Å². The number of amides is 2. The van der Waals surface area contributed by atoms with Gasteiger partial charge in [0.2, 0.25) is 5.78 Å². The largest absolute Gasteiger partial charge is 0.456 e. The van der Waals surface area contributed by atoms with Gasteiger partial charge in [-0.3, -0.25) is 19.4 Å². The summed E-state index contributed by atoms with van der Waals surface area (Å²) in [6, 6.07) is 19.5. The zero-order valence-corrected chi connectivity index (χ0v) is 27.8. The number of hydrogen-bond acceptors (Lipinski definition) is 7. The molecule has 244 valence electrons. The van der Waals surface area contributed by atoms with Crippen LogP contribution in [0.1, 0.15) is 43.2 Å². The molecule has 2 heterocycles. The minimum absolute atomic E-state index is 0.0143. The summed E-state index contributed by atoms with van der Waals surface area (Å²) in [6.07, 6.45) is 2.30. The molecule has 0 aliphatic carbocycles. The van der Waals surface area contributed by atoms with Gasteiger partial charge in [-0.25, -0.2) is 0 Å². The lowest BCUT2D eigenvalue weighted by atomic mass is 10.0. The molecule has 0 spiro atoms. The first-order valence-electron chi connectivity index (χ1n) is 15.4. The topological polar surface area (TPSA) is 124 Å². The van der Waals surface area contributed by atoms with E-state index in [2.05, 4.69) is 14.9 Å². The molecule has 0 saturated carbocycles. The third-order valence-corrected chi connectivity index (χ3v) is 8.54. The van der Waals surface area contributed by atoms with Crippen LogP contribution < -0.4 is 10.5 Å². The van der Waals surface area contributed by atoms with Crippen LogP contribution in [-0.4, -0.2) is 97.9 Å². The number of allylic oxidation sites excluding steroid dienone is 2. The molecule has 5 rings (SSSR count). The van der Waals surface area contributed by atoms with Crippen LogP contribution >= 0.6 is 11.6 Å². The van der Waals surface area contributed by atoms with Crippen LogP contribution in [-0.2, 0) is 6.42 Å². The molecule has 0 atom stereocenters. The highest BCUT2D eigenvalue weighted by molar-refractivity contribution is 6.31. The van der Waals surface area contributed by atoms with Gasteiger partial charge < -0.3 is 30.2 Å². The van der Waals surface area contributed by atoms with Crippen molar-refractivity contribution in [1.82, 2.24) is 19.7 Å². The van der Waals surface area contributed by atoms with E-state index >= 15 is 0 Å².